The van der Waals surface area contributed by atoms with E-state index in [1.165, 1.54) is 7.11 Å². The number of furan rings is 1. The van der Waals surface area contributed by atoms with Gasteiger partial charge in [0.25, 0.3) is 0 Å². The van der Waals surface area contributed by atoms with Gasteiger partial charge < -0.3 is 13.7 Å². The topological polar surface area (TPSA) is 81.0 Å². The molecule has 3 aromatic heterocycles. The molecule has 5 rings (SSSR count). The fraction of sp³-hybridized carbons (Fsp3) is 0.222. The molecule has 0 N–H and O–H groups in total. The first-order valence-corrected chi connectivity index (χ1v) is 11.7. The third-order valence-electron chi connectivity index (χ3n) is 5.84. The molecule has 0 aliphatic rings. The Morgan fingerprint density at radius 3 is 2.74 bits per heavy atom. The van der Waals surface area contributed by atoms with E-state index in [4.69, 9.17) is 14.1 Å². The summed E-state index contributed by atoms with van der Waals surface area (Å²) in [6.45, 7) is 7.03. The number of hydrogen-bond donors (Lipinski definition) is 0. The molecule has 5 aromatic rings. The second-order valence-electron chi connectivity index (χ2n) is 9.28. The zero-order chi connectivity index (χ0) is 24.0. The molecule has 34 heavy (non-hydrogen) atoms. The minimum Gasteiger partial charge on any atom is -0.465 e. The maximum atomic E-state index is 11.9. The van der Waals surface area contributed by atoms with Gasteiger partial charge in [-0.25, -0.2) is 9.78 Å². The van der Waals surface area contributed by atoms with E-state index in [1.807, 2.05) is 35.0 Å². The van der Waals surface area contributed by atoms with Crippen molar-refractivity contribution in [3.63, 3.8) is 0 Å². The van der Waals surface area contributed by atoms with Crippen molar-refractivity contribution in [2.45, 2.75) is 32.7 Å². The normalized spacial score (nSPS) is 11.7. The zero-order valence-electron chi connectivity index (χ0n) is 19.4. The van der Waals surface area contributed by atoms with Crippen LogP contribution in [-0.2, 0) is 16.7 Å². The molecular weight excluding hydrogens is 446 g/mol. The predicted molar refractivity (Wildman–Crippen MR) is 133 cm³/mol. The van der Waals surface area contributed by atoms with Crippen LogP contribution in [0.4, 0.5) is 0 Å². The molecule has 0 spiro atoms. The maximum Gasteiger partial charge on any atom is 0.337 e. The quantitative estimate of drug-likeness (QED) is 0.280. The van der Waals surface area contributed by atoms with E-state index < -0.39 is 5.97 Å². The summed E-state index contributed by atoms with van der Waals surface area (Å²) in [5, 5.41) is 14.3. The Hall–Kier alpha value is -3.89. The van der Waals surface area contributed by atoms with Crippen LogP contribution in [0.2, 0.25) is 0 Å². The third kappa shape index (κ3) is 3.87. The van der Waals surface area contributed by atoms with Gasteiger partial charge in [0.2, 0.25) is 0 Å². The lowest BCUT2D eigenvalue weighted by atomic mass is 9.93. The average Bonchev–Trinajstić information content (AvgIpc) is 3.54. The highest BCUT2D eigenvalue weighted by Crippen LogP contribution is 2.34. The van der Waals surface area contributed by atoms with Crippen LogP contribution < -0.4 is 0 Å². The summed E-state index contributed by atoms with van der Waals surface area (Å²) in [7, 11) is 1.35. The summed E-state index contributed by atoms with van der Waals surface area (Å²) < 4.78 is 12.9. The highest BCUT2D eigenvalue weighted by molar-refractivity contribution is 7.13. The Labute approximate surface area is 201 Å². The van der Waals surface area contributed by atoms with E-state index in [1.54, 1.807) is 23.5 Å². The number of aromatic nitrogens is 2. The fourth-order valence-electron chi connectivity index (χ4n) is 3.99. The van der Waals surface area contributed by atoms with Crippen LogP contribution in [0.3, 0.4) is 0 Å². The van der Waals surface area contributed by atoms with Gasteiger partial charge in [-0.2, -0.15) is 5.26 Å². The van der Waals surface area contributed by atoms with Gasteiger partial charge in [0.05, 0.1) is 23.9 Å². The van der Waals surface area contributed by atoms with Gasteiger partial charge in [0.15, 0.2) is 10.8 Å². The Bertz CT molecular complexity index is 1590. The summed E-state index contributed by atoms with van der Waals surface area (Å²) >= 11 is 1.59. The first kappa shape index (κ1) is 21.9. The minimum absolute atomic E-state index is 0.00658. The highest BCUT2D eigenvalue weighted by atomic mass is 32.1. The molecule has 0 amide bonds. The van der Waals surface area contributed by atoms with Crippen molar-refractivity contribution in [1.29, 1.82) is 5.26 Å². The maximum absolute atomic E-state index is 11.9. The number of methoxy groups -OCH3 is 1. The molecule has 0 radical (unpaired) electrons. The summed E-state index contributed by atoms with van der Waals surface area (Å²) in [5.41, 5.74) is 4.76. The Balaban J connectivity index is 1.48. The number of rotatable bonds is 4. The summed E-state index contributed by atoms with van der Waals surface area (Å²) in [5.74, 6) is 0.343. The van der Waals surface area contributed by atoms with Crippen LogP contribution in [0.15, 0.2) is 58.5 Å². The van der Waals surface area contributed by atoms with Crippen molar-refractivity contribution in [3.05, 3.63) is 76.4 Å². The van der Waals surface area contributed by atoms with Crippen molar-refractivity contribution in [3.8, 4) is 16.8 Å². The minimum atomic E-state index is -0.422. The number of ether oxygens (including phenoxy) is 1. The van der Waals surface area contributed by atoms with Crippen molar-refractivity contribution in [2.75, 3.05) is 7.11 Å². The first-order chi connectivity index (χ1) is 16.3. The van der Waals surface area contributed by atoms with E-state index >= 15 is 0 Å². The Morgan fingerprint density at radius 1 is 1.21 bits per heavy atom. The number of benzene rings is 2. The molecule has 0 unspecified atom stereocenters. The highest BCUT2D eigenvalue weighted by Gasteiger charge is 2.19. The Morgan fingerprint density at radius 2 is 2.03 bits per heavy atom. The number of nitrogens with zero attached hydrogens (tertiary/aromatic N) is 3. The monoisotopic (exact) mass is 469 g/mol. The number of fused-ring (bicyclic) bond motifs is 2. The third-order valence-corrected chi connectivity index (χ3v) is 6.70. The Kier molecular flexibility index (Phi) is 5.26. The van der Waals surface area contributed by atoms with E-state index in [0.29, 0.717) is 17.7 Å². The van der Waals surface area contributed by atoms with Gasteiger partial charge in [-0.15, -0.1) is 11.3 Å². The summed E-state index contributed by atoms with van der Waals surface area (Å²) in [6.07, 6.45) is 1.82. The van der Waals surface area contributed by atoms with E-state index in [9.17, 15) is 10.1 Å². The van der Waals surface area contributed by atoms with Gasteiger partial charge in [-0.3, -0.25) is 0 Å². The molecule has 7 heteroatoms. The average molecular weight is 470 g/mol. The summed E-state index contributed by atoms with van der Waals surface area (Å²) in [6, 6.07) is 15.6. The van der Waals surface area contributed by atoms with Crippen LogP contribution >= 0.6 is 11.3 Å². The lowest BCUT2D eigenvalue weighted by molar-refractivity contribution is 0.0601. The van der Waals surface area contributed by atoms with Gasteiger partial charge in [0.1, 0.15) is 11.7 Å². The fourth-order valence-corrected chi connectivity index (χ4v) is 4.98. The molecular formula is C27H23N3O3S. The van der Waals surface area contributed by atoms with Gasteiger partial charge in [-0.05, 0) is 42.0 Å². The molecule has 0 fully saturated rings. The van der Waals surface area contributed by atoms with Crippen LogP contribution in [0.1, 0.15) is 48.0 Å². The lowest BCUT2D eigenvalue weighted by Crippen LogP contribution is -2.11. The molecule has 0 saturated carbocycles. The standard InChI is InChI=1S/C27H23N3O3S/c1-27(2,3)24-15-34-25(29-24)23-11-18-9-16(5-8-22(18)33-23)13-30-14-19(12-28)20-10-17(26(31)32-4)6-7-21(20)30/h5-11,14-15H,13H2,1-4H3. The number of hydrogen-bond acceptors (Lipinski definition) is 6. The second kappa shape index (κ2) is 8.15. The van der Waals surface area contributed by atoms with Crippen molar-refractivity contribution in [1.82, 2.24) is 9.55 Å². The number of carbonyl (C=O) groups excluding carboxylic acids is 1. The molecule has 6 nitrogen and oxygen atoms in total. The number of nitriles is 1. The molecule has 0 aliphatic heterocycles. The van der Waals surface area contributed by atoms with Crippen molar-refractivity contribution < 1.29 is 13.9 Å². The zero-order valence-corrected chi connectivity index (χ0v) is 20.2. The second-order valence-corrected chi connectivity index (χ2v) is 10.1. The van der Waals surface area contributed by atoms with E-state index in [-0.39, 0.29) is 5.41 Å². The number of carbonyl (C=O) groups is 1. The van der Waals surface area contributed by atoms with Crippen LogP contribution in [-0.4, -0.2) is 22.6 Å². The van der Waals surface area contributed by atoms with Gasteiger partial charge >= 0.3 is 5.97 Å². The molecule has 0 bridgehead atoms. The smallest absolute Gasteiger partial charge is 0.337 e. The number of esters is 1. The first-order valence-electron chi connectivity index (χ1n) is 10.9. The lowest BCUT2D eigenvalue weighted by Gasteiger charge is -2.13. The largest absolute Gasteiger partial charge is 0.465 e. The molecule has 2 aromatic carbocycles. The predicted octanol–water partition coefficient (Wildman–Crippen LogP) is 6.52. The van der Waals surface area contributed by atoms with Crippen molar-refractivity contribution in [2.24, 2.45) is 0 Å². The van der Waals surface area contributed by atoms with Crippen LogP contribution in [0, 0.1) is 11.3 Å². The summed E-state index contributed by atoms with van der Waals surface area (Å²) in [4.78, 5) is 16.7. The van der Waals surface area contributed by atoms with E-state index in [0.717, 1.165) is 43.9 Å². The molecule has 170 valence electrons. The SMILES string of the molecule is COC(=O)c1ccc2c(c1)c(C#N)cn2Cc1ccc2oc(-c3nc(C(C)(C)C)cs3)cc2c1. The van der Waals surface area contributed by atoms with Crippen LogP contribution in [0.25, 0.3) is 32.6 Å². The van der Waals surface area contributed by atoms with Gasteiger partial charge in [-0.1, -0.05) is 26.8 Å². The molecule has 0 saturated heterocycles. The molecule has 0 aliphatic carbocycles. The van der Waals surface area contributed by atoms with E-state index in [2.05, 4.69) is 38.3 Å². The molecule has 0 atom stereocenters. The van der Waals surface area contributed by atoms with Gasteiger partial charge in [0, 0.05) is 39.8 Å². The van der Waals surface area contributed by atoms with Crippen molar-refractivity contribution >= 4 is 39.2 Å². The van der Waals surface area contributed by atoms with Crippen LogP contribution in [0.5, 0.6) is 0 Å². The molecule has 3 heterocycles. The number of thiazole rings is 1.